The highest BCUT2D eigenvalue weighted by molar-refractivity contribution is 5.90. The van der Waals surface area contributed by atoms with Crippen molar-refractivity contribution in [2.24, 2.45) is 5.73 Å². The maximum absolute atomic E-state index is 14.1. The molecular formula is C15H22F2N4O7. The number of hydrogen-bond donors (Lipinski definition) is 5. The average Bonchev–Trinajstić information content (AvgIpc) is 2.82. The summed E-state index contributed by atoms with van der Waals surface area (Å²) in [5.74, 6) is -6.04. The van der Waals surface area contributed by atoms with Crippen LogP contribution >= 0.6 is 0 Å². The minimum absolute atomic E-state index is 0. The quantitative estimate of drug-likeness (QED) is 0.374. The van der Waals surface area contributed by atoms with E-state index in [-0.39, 0.29) is 26.1 Å². The van der Waals surface area contributed by atoms with Crippen molar-refractivity contribution in [2.45, 2.75) is 50.7 Å². The van der Waals surface area contributed by atoms with Gasteiger partial charge in [-0.15, -0.1) is 0 Å². The smallest absolute Gasteiger partial charge is 0.351 e. The summed E-state index contributed by atoms with van der Waals surface area (Å²) in [6, 6.07) is -0.182. The third-order valence-corrected chi connectivity index (χ3v) is 3.91. The van der Waals surface area contributed by atoms with Gasteiger partial charge in [0.25, 0.3) is 0 Å². The van der Waals surface area contributed by atoms with Gasteiger partial charge >= 0.3 is 17.6 Å². The Kier molecular flexibility index (Phi) is 7.69. The van der Waals surface area contributed by atoms with E-state index >= 15 is 0 Å². The Morgan fingerprint density at radius 2 is 2.11 bits per heavy atom. The second kappa shape index (κ2) is 9.14. The molecule has 2 unspecified atom stereocenters. The molecule has 0 spiro atoms. The van der Waals surface area contributed by atoms with Gasteiger partial charge in [0.2, 0.25) is 12.1 Å². The van der Waals surface area contributed by atoms with Crippen molar-refractivity contribution in [3.8, 4) is 0 Å². The molecule has 1 saturated heterocycles. The van der Waals surface area contributed by atoms with E-state index in [1.54, 1.807) is 0 Å². The molecule has 158 valence electrons. The summed E-state index contributed by atoms with van der Waals surface area (Å²) < 4.78 is 33.4. The van der Waals surface area contributed by atoms with E-state index in [1.165, 1.54) is 0 Å². The van der Waals surface area contributed by atoms with Crippen molar-refractivity contribution in [2.75, 3.05) is 11.9 Å². The number of anilines is 1. The normalized spacial score (nSPS) is 24.2. The summed E-state index contributed by atoms with van der Waals surface area (Å²) in [6.45, 7) is -0.873. The number of aliphatic hydroxyl groups is 2. The first kappa shape index (κ1) is 23.6. The monoisotopic (exact) mass is 408 g/mol. The number of alkyl halides is 2. The summed E-state index contributed by atoms with van der Waals surface area (Å²) >= 11 is 0. The van der Waals surface area contributed by atoms with E-state index in [1.807, 2.05) is 0 Å². The van der Waals surface area contributed by atoms with Gasteiger partial charge in [-0.2, -0.15) is 13.8 Å². The summed E-state index contributed by atoms with van der Waals surface area (Å²) in [4.78, 5) is 37.7. The molecule has 4 atom stereocenters. The van der Waals surface area contributed by atoms with Crippen LogP contribution in [0.2, 0.25) is 0 Å². The van der Waals surface area contributed by atoms with Crippen molar-refractivity contribution in [3.63, 3.8) is 0 Å². The number of nitrogens with zero attached hydrogens (tertiary/aromatic N) is 2. The molecular weight excluding hydrogens is 386 g/mol. The first-order valence-electron chi connectivity index (χ1n) is 7.77. The molecule has 11 nitrogen and oxygen atoms in total. The zero-order valence-electron chi connectivity index (χ0n) is 13.8. The van der Waals surface area contributed by atoms with E-state index < -0.39 is 54.6 Å². The van der Waals surface area contributed by atoms with Crippen LogP contribution < -0.4 is 16.7 Å². The number of carbonyl (C=O) groups excluding carboxylic acids is 1. The summed E-state index contributed by atoms with van der Waals surface area (Å²) in [5.41, 5.74) is 4.07. The van der Waals surface area contributed by atoms with Gasteiger partial charge in [-0.25, -0.2) is 4.79 Å². The largest absolute Gasteiger partial charge is 0.480 e. The topological polar surface area (TPSA) is 177 Å². The fourth-order valence-corrected chi connectivity index (χ4v) is 2.39. The van der Waals surface area contributed by atoms with Gasteiger partial charge in [0.1, 0.15) is 18.0 Å². The number of aliphatic hydroxyl groups excluding tert-OH is 2. The summed E-state index contributed by atoms with van der Waals surface area (Å²) in [7, 11) is 0. The molecule has 1 aromatic rings. The Morgan fingerprint density at radius 3 is 2.61 bits per heavy atom. The van der Waals surface area contributed by atoms with Crippen LogP contribution in [0.25, 0.3) is 0 Å². The molecule has 13 heteroatoms. The number of carbonyl (C=O) groups is 2. The van der Waals surface area contributed by atoms with Crippen LogP contribution in [-0.2, 0) is 14.3 Å². The molecule has 1 fully saturated rings. The Labute approximate surface area is 157 Å². The standard InChI is InChI=1S/C14H18F2N4O7.CH4/c15-14(16)10(23)7(5-21)27-12(14)20-4-3-8(19-13(20)26)18-9(22)2-1-6(17)11(24)25;/h3-4,6-7,10,12,21,23H,1-2,5,17H2,(H,24,25)(H,18,19,22,26);1H4/t6?,7-,10?,12-;/m1./s1. The van der Waals surface area contributed by atoms with Crippen LogP contribution in [0.1, 0.15) is 26.5 Å². The lowest BCUT2D eigenvalue weighted by Crippen LogP contribution is -2.41. The predicted molar refractivity (Wildman–Crippen MR) is 90.7 cm³/mol. The molecule has 1 aliphatic heterocycles. The lowest BCUT2D eigenvalue weighted by atomic mass is 10.1. The lowest BCUT2D eigenvalue weighted by Gasteiger charge is -2.21. The van der Waals surface area contributed by atoms with E-state index in [0.717, 1.165) is 12.3 Å². The molecule has 0 aromatic carbocycles. The van der Waals surface area contributed by atoms with Crippen LogP contribution in [0.4, 0.5) is 14.6 Å². The molecule has 0 bridgehead atoms. The molecule has 0 radical (unpaired) electrons. The number of aliphatic carboxylic acids is 1. The Balaban J connectivity index is 0.00000392. The minimum Gasteiger partial charge on any atom is -0.480 e. The maximum atomic E-state index is 14.1. The van der Waals surface area contributed by atoms with Gasteiger partial charge in [-0.05, 0) is 12.5 Å². The lowest BCUT2D eigenvalue weighted by molar-refractivity contribution is -0.141. The van der Waals surface area contributed by atoms with Gasteiger partial charge in [-0.1, -0.05) is 7.43 Å². The molecule has 1 aliphatic rings. The predicted octanol–water partition coefficient (Wildman–Crippen LogP) is -1.10. The van der Waals surface area contributed by atoms with E-state index in [0.29, 0.717) is 4.57 Å². The number of hydrogen-bond acceptors (Lipinski definition) is 8. The first-order chi connectivity index (χ1) is 12.6. The van der Waals surface area contributed by atoms with Gasteiger partial charge in [-0.3, -0.25) is 14.2 Å². The number of carboxylic acid groups (broad SMARTS) is 1. The Morgan fingerprint density at radius 1 is 1.46 bits per heavy atom. The van der Waals surface area contributed by atoms with Gasteiger partial charge in [0, 0.05) is 12.6 Å². The van der Waals surface area contributed by atoms with Crippen molar-refractivity contribution < 1.29 is 38.4 Å². The molecule has 6 N–H and O–H groups in total. The van der Waals surface area contributed by atoms with Crippen LogP contribution in [0, 0.1) is 0 Å². The number of nitrogens with two attached hydrogens (primary N) is 1. The fourth-order valence-electron chi connectivity index (χ4n) is 2.39. The average molecular weight is 408 g/mol. The van der Waals surface area contributed by atoms with E-state index in [4.69, 9.17) is 20.7 Å². The van der Waals surface area contributed by atoms with Crippen LogP contribution in [-0.4, -0.2) is 67.5 Å². The van der Waals surface area contributed by atoms with Crippen molar-refractivity contribution in [3.05, 3.63) is 22.7 Å². The van der Waals surface area contributed by atoms with Crippen LogP contribution in [0.3, 0.4) is 0 Å². The molecule has 0 saturated carbocycles. The van der Waals surface area contributed by atoms with Crippen molar-refractivity contribution in [1.82, 2.24) is 9.55 Å². The highest BCUT2D eigenvalue weighted by Gasteiger charge is 2.59. The second-order valence-corrected chi connectivity index (χ2v) is 5.86. The zero-order valence-corrected chi connectivity index (χ0v) is 13.8. The zero-order chi connectivity index (χ0) is 20.4. The van der Waals surface area contributed by atoms with Gasteiger partial charge in [0.15, 0.2) is 6.10 Å². The minimum atomic E-state index is -3.85. The molecule has 1 amide bonds. The number of ether oxygens (including phenoxy) is 1. The number of nitrogens with one attached hydrogen (secondary N) is 1. The highest BCUT2D eigenvalue weighted by atomic mass is 19.3. The van der Waals surface area contributed by atoms with Crippen molar-refractivity contribution in [1.29, 1.82) is 0 Å². The maximum Gasteiger partial charge on any atom is 0.351 e. The van der Waals surface area contributed by atoms with Crippen molar-refractivity contribution >= 4 is 17.7 Å². The van der Waals surface area contributed by atoms with Gasteiger partial charge in [0.05, 0.1) is 6.61 Å². The molecule has 2 rings (SSSR count). The number of aromatic nitrogens is 2. The van der Waals surface area contributed by atoms with E-state index in [2.05, 4.69) is 10.3 Å². The van der Waals surface area contributed by atoms with Crippen LogP contribution in [0.5, 0.6) is 0 Å². The molecule has 0 aliphatic carbocycles. The van der Waals surface area contributed by atoms with Gasteiger partial charge < -0.3 is 31.1 Å². The highest BCUT2D eigenvalue weighted by Crippen LogP contribution is 2.41. The van der Waals surface area contributed by atoms with Crippen LogP contribution in [0.15, 0.2) is 17.1 Å². The number of amides is 1. The van der Waals surface area contributed by atoms with E-state index in [9.17, 15) is 28.3 Å². The SMILES string of the molecule is C.NC(CCC(=O)Nc1ccn([C@@H]2O[C@H](CO)C(O)C2(F)F)c(=O)n1)C(=O)O. The second-order valence-electron chi connectivity index (χ2n) is 5.86. The summed E-state index contributed by atoms with van der Waals surface area (Å²) in [5, 5.41) is 29.3. The number of carboxylic acids is 1. The third-order valence-electron chi connectivity index (χ3n) is 3.91. The number of rotatable bonds is 7. The molecule has 2 heterocycles. The fraction of sp³-hybridized carbons (Fsp3) is 0.600. The Hall–Kier alpha value is -2.48. The number of halogens is 2. The summed E-state index contributed by atoms with van der Waals surface area (Å²) in [6.07, 6.45) is -5.58. The molecule has 28 heavy (non-hydrogen) atoms. The third kappa shape index (κ3) is 4.86. The first-order valence-corrected chi connectivity index (χ1v) is 7.77. The molecule has 1 aromatic heterocycles. The Bertz CT molecular complexity index is 773.